The molecule has 1 aromatic rings. The Labute approximate surface area is 113 Å². The van der Waals surface area contributed by atoms with Gasteiger partial charge in [0.05, 0.1) is 6.61 Å². The molecule has 0 unspecified atom stereocenters. The molecule has 0 bridgehead atoms. The van der Waals surface area contributed by atoms with Crippen LogP contribution < -0.4 is 10.9 Å². The van der Waals surface area contributed by atoms with Gasteiger partial charge in [0.2, 0.25) is 0 Å². The molecule has 0 saturated heterocycles. The lowest BCUT2D eigenvalue weighted by Crippen LogP contribution is -2.41. The van der Waals surface area contributed by atoms with Crippen LogP contribution in [0.4, 0.5) is 4.79 Å². The Bertz CT molecular complexity index is 447. The van der Waals surface area contributed by atoms with Crippen molar-refractivity contribution in [3.8, 4) is 0 Å². The van der Waals surface area contributed by atoms with Gasteiger partial charge in [-0.05, 0) is 30.0 Å². The van der Waals surface area contributed by atoms with Crippen LogP contribution in [0.15, 0.2) is 24.3 Å². The number of rotatable bonds is 2. The van der Waals surface area contributed by atoms with Crippen molar-refractivity contribution in [1.82, 2.24) is 10.9 Å². The summed E-state index contributed by atoms with van der Waals surface area (Å²) in [5.74, 6) is -0.381. The first kappa shape index (κ1) is 15.0. The zero-order valence-electron chi connectivity index (χ0n) is 11.7. The minimum atomic E-state index is -0.679. The van der Waals surface area contributed by atoms with Crippen molar-refractivity contribution in [1.29, 1.82) is 0 Å². The van der Waals surface area contributed by atoms with Gasteiger partial charge >= 0.3 is 6.09 Å². The van der Waals surface area contributed by atoms with Crippen LogP contribution in [-0.2, 0) is 10.2 Å². The molecule has 5 heteroatoms. The summed E-state index contributed by atoms with van der Waals surface area (Å²) < 4.78 is 4.63. The van der Waals surface area contributed by atoms with Gasteiger partial charge in [-0.1, -0.05) is 32.9 Å². The molecule has 2 amide bonds. The van der Waals surface area contributed by atoms with E-state index in [-0.39, 0.29) is 17.9 Å². The van der Waals surface area contributed by atoms with Crippen LogP contribution in [-0.4, -0.2) is 18.6 Å². The first-order valence-electron chi connectivity index (χ1n) is 6.18. The van der Waals surface area contributed by atoms with Gasteiger partial charge in [-0.15, -0.1) is 0 Å². The maximum absolute atomic E-state index is 11.7. The number of carbonyl (C=O) groups is 2. The van der Waals surface area contributed by atoms with E-state index in [1.54, 1.807) is 19.1 Å². The Morgan fingerprint density at radius 1 is 1.11 bits per heavy atom. The Hall–Kier alpha value is -2.04. The molecule has 0 saturated carbocycles. The lowest BCUT2D eigenvalue weighted by atomic mass is 9.87. The fraction of sp³-hybridized carbons (Fsp3) is 0.429. The number of nitrogens with one attached hydrogen (secondary N) is 2. The zero-order chi connectivity index (χ0) is 14.5. The van der Waals surface area contributed by atoms with Crippen LogP contribution in [0.25, 0.3) is 0 Å². The molecule has 0 radical (unpaired) electrons. The summed E-state index contributed by atoms with van der Waals surface area (Å²) >= 11 is 0. The molecule has 0 spiro atoms. The Morgan fingerprint density at radius 3 is 2.16 bits per heavy atom. The van der Waals surface area contributed by atoms with Crippen molar-refractivity contribution in [2.75, 3.05) is 6.61 Å². The molecule has 0 aliphatic carbocycles. The smallest absolute Gasteiger partial charge is 0.426 e. The summed E-state index contributed by atoms with van der Waals surface area (Å²) in [6, 6.07) is 7.25. The number of hydrogen-bond donors (Lipinski definition) is 2. The van der Waals surface area contributed by atoms with Gasteiger partial charge < -0.3 is 4.74 Å². The molecular weight excluding hydrogens is 244 g/mol. The normalized spacial score (nSPS) is 10.7. The molecule has 5 nitrogen and oxygen atoms in total. The van der Waals surface area contributed by atoms with Gasteiger partial charge in [-0.3, -0.25) is 10.2 Å². The van der Waals surface area contributed by atoms with E-state index in [2.05, 4.69) is 36.4 Å². The van der Waals surface area contributed by atoms with E-state index < -0.39 is 6.09 Å². The van der Waals surface area contributed by atoms with E-state index in [9.17, 15) is 9.59 Å². The molecule has 0 atom stereocenters. The standard InChI is InChI=1S/C14H20N2O3/c1-5-19-13(18)16-15-12(17)10-6-8-11(9-7-10)14(2,3)4/h6-9H,5H2,1-4H3,(H,15,17)(H,16,18). The zero-order valence-corrected chi connectivity index (χ0v) is 11.7. The van der Waals surface area contributed by atoms with Crippen molar-refractivity contribution in [3.05, 3.63) is 35.4 Å². The number of amides is 2. The van der Waals surface area contributed by atoms with E-state index in [0.29, 0.717) is 5.56 Å². The topological polar surface area (TPSA) is 67.4 Å². The second-order valence-corrected chi connectivity index (χ2v) is 5.13. The molecule has 19 heavy (non-hydrogen) atoms. The van der Waals surface area contributed by atoms with Crippen molar-refractivity contribution in [2.24, 2.45) is 0 Å². The molecular formula is C14H20N2O3. The third-order valence-electron chi connectivity index (χ3n) is 2.57. The monoisotopic (exact) mass is 264 g/mol. The SMILES string of the molecule is CCOC(=O)NNC(=O)c1ccc(C(C)(C)C)cc1. The molecule has 104 valence electrons. The molecule has 0 aromatic heterocycles. The number of benzene rings is 1. The van der Waals surface area contributed by atoms with Crippen LogP contribution in [0.1, 0.15) is 43.6 Å². The highest BCUT2D eigenvalue weighted by Crippen LogP contribution is 2.21. The Kier molecular flexibility index (Phi) is 4.92. The van der Waals surface area contributed by atoms with Gasteiger partial charge in [0.25, 0.3) is 5.91 Å². The van der Waals surface area contributed by atoms with E-state index in [0.717, 1.165) is 5.56 Å². The van der Waals surface area contributed by atoms with Crippen molar-refractivity contribution in [3.63, 3.8) is 0 Å². The maximum Gasteiger partial charge on any atom is 0.426 e. The predicted molar refractivity (Wildman–Crippen MR) is 72.8 cm³/mol. The highest BCUT2D eigenvalue weighted by atomic mass is 16.5. The molecule has 0 fully saturated rings. The Morgan fingerprint density at radius 2 is 1.68 bits per heavy atom. The second kappa shape index (κ2) is 6.22. The quantitative estimate of drug-likeness (QED) is 0.806. The summed E-state index contributed by atoms with van der Waals surface area (Å²) in [5, 5.41) is 0. The first-order chi connectivity index (χ1) is 8.84. The molecule has 1 aromatic carbocycles. The fourth-order valence-corrected chi connectivity index (χ4v) is 1.47. The van der Waals surface area contributed by atoms with Crippen LogP contribution in [0.5, 0.6) is 0 Å². The van der Waals surface area contributed by atoms with Gasteiger partial charge in [-0.25, -0.2) is 10.2 Å². The second-order valence-electron chi connectivity index (χ2n) is 5.13. The Balaban J connectivity index is 2.61. The lowest BCUT2D eigenvalue weighted by molar-refractivity contribution is 0.0912. The highest BCUT2D eigenvalue weighted by Gasteiger charge is 2.14. The van der Waals surface area contributed by atoms with Gasteiger partial charge in [0, 0.05) is 5.56 Å². The summed E-state index contributed by atoms with van der Waals surface area (Å²) in [7, 11) is 0. The van der Waals surface area contributed by atoms with E-state index >= 15 is 0 Å². The number of hydrogen-bond acceptors (Lipinski definition) is 3. The molecule has 2 N–H and O–H groups in total. The molecule has 0 aliphatic heterocycles. The van der Waals surface area contributed by atoms with E-state index in [4.69, 9.17) is 0 Å². The van der Waals surface area contributed by atoms with Crippen LogP contribution >= 0.6 is 0 Å². The number of ether oxygens (including phenoxy) is 1. The summed E-state index contributed by atoms with van der Waals surface area (Å²) in [5.41, 5.74) is 6.10. The average molecular weight is 264 g/mol. The van der Waals surface area contributed by atoms with Gasteiger partial charge in [-0.2, -0.15) is 0 Å². The third-order valence-corrected chi connectivity index (χ3v) is 2.57. The minimum absolute atomic E-state index is 0.0399. The lowest BCUT2D eigenvalue weighted by Gasteiger charge is -2.19. The van der Waals surface area contributed by atoms with E-state index in [1.807, 2.05) is 12.1 Å². The molecule has 0 heterocycles. The largest absolute Gasteiger partial charge is 0.449 e. The van der Waals surface area contributed by atoms with Crippen LogP contribution in [0.3, 0.4) is 0 Å². The van der Waals surface area contributed by atoms with Gasteiger partial charge in [0.15, 0.2) is 0 Å². The minimum Gasteiger partial charge on any atom is -0.449 e. The fourth-order valence-electron chi connectivity index (χ4n) is 1.47. The van der Waals surface area contributed by atoms with Crippen LogP contribution in [0.2, 0.25) is 0 Å². The molecule has 0 aliphatic rings. The van der Waals surface area contributed by atoms with Crippen molar-refractivity contribution >= 4 is 12.0 Å². The third kappa shape index (κ3) is 4.62. The predicted octanol–water partition coefficient (Wildman–Crippen LogP) is 2.38. The maximum atomic E-state index is 11.7. The van der Waals surface area contributed by atoms with Crippen LogP contribution in [0, 0.1) is 0 Å². The average Bonchev–Trinajstić information content (AvgIpc) is 2.35. The first-order valence-corrected chi connectivity index (χ1v) is 6.18. The highest BCUT2D eigenvalue weighted by molar-refractivity contribution is 5.94. The van der Waals surface area contributed by atoms with E-state index in [1.165, 1.54) is 0 Å². The summed E-state index contributed by atoms with van der Waals surface area (Å²) in [6.07, 6.45) is -0.679. The van der Waals surface area contributed by atoms with Gasteiger partial charge in [0.1, 0.15) is 0 Å². The van der Waals surface area contributed by atoms with Crippen molar-refractivity contribution in [2.45, 2.75) is 33.1 Å². The number of hydrazine groups is 1. The van der Waals surface area contributed by atoms with Crippen molar-refractivity contribution < 1.29 is 14.3 Å². The summed E-state index contributed by atoms with van der Waals surface area (Å²) in [4.78, 5) is 22.7. The molecule has 1 rings (SSSR count). The summed E-state index contributed by atoms with van der Waals surface area (Å²) in [6.45, 7) is 8.24. The number of carbonyl (C=O) groups excluding carboxylic acids is 2.